The number of hydrogen-bond acceptors (Lipinski definition) is 2. The van der Waals surface area contributed by atoms with Gasteiger partial charge < -0.3 is 4.74 Å². The summed E-state index contributed by atoms with van der Waals surface area (Å²) in [6.07, 6.45) is 4.95. The lowest BCUT2D eigenvalue weighted by Crippen LogP contribution is -2.33. The first kappa shape index (κ1) is 9.56. The quantitative estimate of drug-likeness (QED) is 0.522. The maximum Gasteiger partial charge on any atom is 0.308 e. The summed E-state index contributed by atoms with van der Waals surface area (Å²) in [5.41, 5.74) is 0. The van der Waals surface area contributed by atoms with E-state index in [-0.39, 0.29) is 25.4 Å². The summed E-state index contributed by atoms with van der Waals surface area (Å²) in [6.45, 7) is 1.97. The molecule has 1 aliphatic carbocycles. The van der Waals surface area contributed by atoms with Gasteiger partial charge in [-0.3, -0.25) is 4.79 Å². The molecule has 3 atom stereocenters. The number of esters is 1. The standard InChI is InChI=1S/C9H14O2.CH4/c1-6-5-7-3-2-4-8(7)11-9(6)10;/h6-8H,2-5H2,1H3;1H4. The van der Waals surface area contributed by atoms with Gasteiger partial charge in [0.2, 0.25) is 0 Å². The van der Waals surface area contributed by atoms with Gasteiger partial charge in [0, 0.05) is 0 Å². The molecular weight excluding hydrogens is 152 g/mol. The van der Waals surface area contributed by atoms with Gasteiger partial charge in [-0.05, 0) is 31.6 Å². The lowest BCUT2D eigenvalue weighted by molar-refractivity contribution is -0.162. The minimum absolute atomic E-state index is 0. The fourth-order valence-corrected chi connectivity index (χ4v) is 2.24. The molecule has 2 fully saturated rings. The van der Waals surface area contributed by atoms with E-state index < -0.39 is 0 Å². The fraction of sp³-hybridized carbons (Fsp3) is 0.900. The number of carbonyl (C=O) groups excluding carboxylic acids is 1. The highest BCUT2D eigenvalue weighted by Crippen LogP contribution is 2.37. The summed E-state index contributed by atoms with van der Waals surface area (Å²) in [6, 6.07) is 0. The number of fused-ring (bicyclic) bond motifs is 1. The molecule has 0 spiro atoms. The smallest absolute Gasteiger partial charge is 0.308 e. The van der Waals surface area contributed by atoms with E-state index in [1.165, 1.54) is 12.8 Å². The molecule has 3 unspecified atom stereocenters. The second kappa shape index (κ2) is 3.46. The molecule has 2 aliphatic rings. The predicted octanol–water partition coefficient (Wildman–Crippen LogP) is 2.37. The van der Waals surface area contributed by atoms with E-state index in [1.807, 2.05) is 6.92 Å². The number of carbonyl (C=O) groups is 1. The Bertz CT molecular complexity index is 177. The zero-order valence-electron chi connectivity index (χ0n) is 6.88. The van der Waals surface area contributed by atoms with Crippen LogP contribution in [0.1, 0.15) is 40.0 Å². The third-order valence-electron chi connectivity index (χ3n) is 2.92. The Hall–Kier alpha value is -0.530. The van der Waals surface area contributed by atoms with Crippen LogP contribution in [-0.4, -0.2) is 12.1 Å². The van der Waals surface area contributed by atoms with E-state index in [2.05, 4.69) is 0 Å². The zero-order chi connectivity index (χ0) is 7.84. The summed E-state index contributed by atoms with van der Waals surface area (Å²) in [5.74, 6) is 0.852. The van der Waals surface area contributed by atoms with Crippen molar-refractivity contribution in [1.29, 1.82) is 0 Å². The average molecular weight is 170 g/mol. The van der Waals surface area contributed by atoms with Crippen molar-refractivity contribution in [2.45, 2.75) is 46.1 Å². The average Bonchev–Trinajstić information content (AvgIpc) is 2.36. The SMILES string of the molecule is C.CC1CC2CCCC2OC1=O. The second-order valence-corrected chi connectivity index (χ2v) is 3.80. The maximum absolute atomic E-state index is 11.1. The van der Waals surface area contributed by atoms with Crippen molar-refractivity contribution < 1.29 is 9.53 Å². The number of ether oxygens (including phenoxy) is 1. The molecule has 1 aliphatic heterocycles. The van der Waals surface area contributed by atoms with Crippen molar-refractivity contribution in [3.63, 3.8) is 0 Å². The topological polar surface area (TPSA) is 26.3 Å². The molecule has 2 rings (SSSR count). The Morgan fingerprint density at radius 3 is 2.92 bits per heavy atom. The third-order valence-corrected chi connectivity index (χ3v) is 2.92. The zero-order valence-corrected chi connectivity index (χ0v) is 6.88. The van der Waals surface area contributed by atoms with Gasteiger partial charge in [-0.25, -0.2) is 0 Å². The monoisotopic (exact) mass is 170 g/mol. The van der Waals surface area contributed by atoms with Crippen LogP contribution in [0.15, 0.2) is 0 Å². The summed E-state index contributed by atoms with van der Waals surface area (Å²) >= 11 is 0. The van der Waals surface area contributed by atoms with Crippen LogP contribution in [0.25, 0.3) is 0 Å². The fourth-order valence-electron chi connectivity index (χ4n) is 2.24. The highest BCUT2D eigenvalue weighted by molar-refractivity contribution is 5.73. The molecule has 0 bridgehead atoms. The Kier molecular flexibility index (Phi) is 2.76. The van der Waals surface area contributed by atoms with Gasteiger partial charge in [0.15, 0.2) is 0 Å². The van der Waals surface area contributed by atoms with E-state index in [0.29, 0.717) is 5.92 Å². The van der Waals surface area contributed by atoms with Crippen LogP contribution in [0.4, 0.5) is 0 Å². The Morgan fingerprint density at radius 1 is 1.42 bits per heavy atom. The molecule has 1 heterocycles. The summed E-state index contributed by atoms with van der Waals surface area (Å²) in [4.78, 5) is 11.1. The van der Waals surface area contributed by atoms with Crippen molar-refractivity contribution in [3.05, 3.63) is 0 Å². The molecule has 0 amide bonds. The highest BCUT2D eigenvalue weighted by atomic mass is 16.5. The molecule has 70 valence electrons. The van der Waals surface area contributed by atoms with Gasteiger partial charge in [-0.1, -0.05) is 14.4 Å². The van der Waals surface area contributed by atoms with Crippen LogP contribution in [0, 0.1) is 11.8 Å². The summed E-state index contributed by atoms with van der Waals surface area (Å²) in [5, 5.41) is 0. The Labute approximate surface area is 74.3 Å². The molecule has 2 heteroatoms. The molecule has 1 saturated heterocycles. The van der Waals surface area contributed by atoms with Crippen molar-refractivity contribution in [3.8, 4) is 0 Å². The Balaban J connectivity index is 0.000000720. The molecule has 0 aromatic rings. The normalized spacial score (nSPS) is 39.8. The molecule has 2 nitrogen and oxygen atoms in total. The van der Waals surface area contributed by atoms with Gasteiger partial charge in [-0.2, -0.15) is 0 Å². The first-order valence-electron chi connectivity index (χ1n) is 4.48. The van der Waals surface area contributed by atoms with Gasteiger partial charge in [-0.15, -0.1) is 0 Å². The van der Waals surface area contributed by atoms with Gasteiger partial charge in [0.1, 0.15) is 6.10 Å². The van der Waals surface area contributed by atoms with E-state index in [0.717, 1.165) is 12.8 Å². The van der Waals surface area contributed by atoms with Crippen LogP contribution in [-0.2, 0) is 9.53 Å². The van der Waals surface area contributed by atoms with Crippen LogP contribution in [0.5, 0.6) is 0 Å². The first-order valence-corrected chi connectivity index (χ1v) is 4.48. The summed E-state index contributed by atoms with van der Waals surface area (Å²) in [7, 11) is 0. The van der Waals surface area contributed by atoms with Gasteiger partial charge >= 0.3 is 5.97 Å². The van der Waals surface area contributed by atoms with Gasteiger partial charge in [0.05, 0.1) is 5.92 Å². The maximum atomic E-state index is 11.1. The van der Waals surface area contributed by atoms with Crippen molar-refractivity contribution in [1.82, 2.24) is 0 Å². The Morgan fingerprint density at radius 2 is 2.17 bits per heavy atom. The molecular formula is C10H18O2. The molecule has 0 aromatic heterocycles. The van der Waals surface area contributed by atoms with Crippen molar-refractivity contribution >= 4 is 5.97 Å². The second-order valence-electron chi connectivity index (χ2n) is 3.80. The van der Waals surface area contributed by atoms with Crippen LogP contribution in [0.2, 0.25) is 0 Å². The van der Waals surface area contributed by atoms with E-state index in [4.69, 9.17) is 4.74 Å². The van der Waals surface area contributed by atoms with E-state index in [1.54, 1.807) is 0 Å². The van der Waals surface area contributed by atoms with Crippen molar-refractivity contribution in [2.24, 2.45) is 11.8 Å². The van der Waals surface area contributed by atoms with Crippen molar-refractivity contribution in [2.75, 3.05) is 0 Å². The molecule has 1 saturated carbocycles. The van der Waals surface area contributed by atoms with Crippen LogP contribution in [0.3, 0.4) is 0 Å². The molecule has 0 N–H and O–H groups in total. The first-order chi connectivity index (χ1) is 5.27. The lowest BCUT2D eigenvalue weighted by atomic mass is 9.90. The van der Waals surface area contributed by atoms with Gasteiger partial charge in [0.25, 0.3) is 0 Å². The number of hydrogen-bond donors (Lipinski definition) is 0. The molecule has 0 aromatic carbocycles. The number of rotatable bonds is 0. The van der Waals surface area contributed by atoms with E-state index >= 15 is 0 Å². The van der Waals surface area contributed by atoms with Crippen LogP contribution >= 0.6 is 0 Å². The molecule has 0 radical (unpaired) electrons. The molecule has 12 heavy (non-hydrogen) atoms. The lowest BCUT2D eigenvalue weighted by Gasteiger charge is -2.28. The predicted molar refractivity (Wildman–Crippen MR) is 47.7 cm³/mol. The minimum atomic E-state index is 0. The summed E-state index contributed by atoms with van der Waals surface area (Å²) < 4.78 is 5.28. The minimum Gasteiger partial charge on any atom is -0.462 e. The third kappa shape index (κ3) is 1.47. The highest BCUT2D eigenvalue weighted by Gasteiger charge is 2.37. The van der Waals surface area contributed by atoms with E-state index in [9.17, 15) is 4.79 Å². The largest absolute Gasteiger partial charge is 0.462 e. The van der Waals surface area contributed by atoms with Crippen LogP contribution < -0.4 is 0 Å².